The van der Waals surface area contributed by atoms with Gasteiger partial charge in [0.1, 0.15) is 25.5 Å². The molecule has 8 heteroatoms. The molecule has 2 heterocycles. The quantitative estimate of drug-likeness (QED) is 0.616. The molecule has 0 saturated heterocycles. The molecule has 0 radical (unpaired) electrons. The van der Waals surface area contributed by atoms with Crippen molar-refractivity contribution in [3.05, 3.63) is 51.2 Å². The molecule has 0 saturated carbocycles. The summed E-state index contributed by atoms with van der Waals surface area (Å²) >= 11 is 7.67. The van der Waals surface area contributed by atoms with E-state index in [2.05, 4.69) is 11.4 Å². The van der Waals surface area contributed by atoms with Crippen LogP contribution in [0.15, 0.2) is 35.7 Å². The average molecular weight is 465 g/mol. The van der Waals surface area contributed by atoms with Gasteiger partial charge in [0.15, 0.2) is 0 Å². The maximum atomic E-state index is 13.4. The minimum absolute atomic E-state index is 0.00259. The van der Waals surface area contributed by atoms with Gasteiger partial charge >= 0.3 is 0 Å². The van der Waals surface area contributed by atoms with E-state index in [1.165, 1.54) is 12.0 Å². The molecule has 0 bridgehead atoms. The van der Waals surface area contributed by atoms with Gasteiger partial charge < -0.3 is 19.3 Å². The largest absolute Gasteiger partial charge is 0.491 e. The van der Waals surface area contributed by atoms with E-state index in [9.17, 15) is 9.59 Å². The lowest BCUT2D eigenvalue weighted by Gasteiger charge is -2.40. The summed E-state index contributed by atoms with van der Waals surface area (Å²) in [6, 6.07) is 9.04. The van der Waals surface area contributed by atoms with Crippen molar-refractivity contribution in [2.75, 3.05) is 33.4 Å². The van der Waals surface area contributed by atoms with Crippen molar-refractivity contribution in [1.29, 1.82) is 0 Å². The number of rotatable bonds is 7. The predicted octanol–water partition coefficient (Wildman–Crippen LogP) is 4.18. The molecule has 0 spiro atoms. The molecule has 0 N–H and O–H groups in total. The molecular weight excluding hydrogens is 436 g/mol. The summed E-state index contributed by atoms with van der Waals surface area (Å²) in [6.45, 7) is 6.63. The summed E-state index contributed by atoms with van der Waals surface area (Å²) in [5.74, 6) is 0.400. The summed E-state index contributed by atoms with van der Waals surface area (Å²) in [6.07, 6.45) is 0.803. The highest BCUT2D eigenvalue weighted by molar-refractivity contribution is 7.10. The molecule has 168 valence electrons. The molecule has 31 heavy (non-hydrogen) atoms. The van der Waals surface area contributed by atoms with E-state index in [1.807, 2.05) is 37.8 Å². The van der Waals surface area contributed by atoms with Crippen LogP contribution in [-0.2, 0) is 20.7 Å². The molecule has 1 aliphatic heterocycles. The van der Waals surface area contributed by atoms with Crippen LogP contribution in [0.25, 0.3) is 0 Å². The maximum absolute atomic E-state index is 13.4. The molecule has 1 aromatic carbocycles. The van der Waals surface area contributed by atoms with Gasteiger partial charge in [-0.1, -0.05) is 11.6 Å². The average Bonchev–Trinajstić information content (AvgIpc) is 3.19. The minimum Gasteiger partial charge on any atom is -0.491 e. The first-order valence-electron chi connectivity index (χ1n) is 10.2. The van der Waals surface area contributed by atoms with E-state index in [1.54, 1.807) is 28.4 Å². The van der Waals surface area contributed by atoms with Crippen LogP contribution in [0.1, 0.15) is 37.3 Å². The van der Waals surface area contributed by atoms with Crippen LogP contribution in [0.3, 0.4) is 0 Å². The second-order valence-electron chi connectivity index (χ2n) is 8.50. The molecule has 0 fully saturated rings. The van der Waals surface area contributed by atoms with Crippen molar-refractivity contribution in [2.24, 2.45) is 0 Å². The highest BCUT2D eigenvalue weighted by Crippen LogP contribution is 2.34. The van der Waals surface area contributed by atoms with Gasteiger partial charge in [0, 0.05) is 29.1 Å². The Morgan fingerprint density at radius 3 is 2.58 bits per heavy atom. The van der Waals surface area contributed by atoms with Gasteiger partial charge in [-0.2, -0.15) is 0 Å². The third-order valence-corrected chi connectivity index (χ3v) is 6.56. The number of thiophene rings is 1. The maximum Gasteiger partial charge on any atom is 0.249 e. The molecule has 6 nitrogen and oxygen atoms in total. The van der Waals surface area contributed by atoms with Gasteiger partial charge in [-0.3, -0.25) is 9.59 Å². The number of benzene rings is 1. The summed E-state index contributed by atoms with van der Waals surface area (Å²) in [5.41, 5.74) is 0.619. The number of nitrogens with zero attached hydrogens (tertiary/aromatic N) is 2. The monoisotopic (exact) mass is 464 g/mol. The first-order chi connectivity index (χ1) is 14.7. The van der Waals surface area contributed by atoms with Crippen molar-refractivity contribution in [1.82, 2.24) is 9.80 Å². The van der Waals surface area contributed by atoms with E-state index < -0.39 is 5.54 Å². The third kappa shape index (κ3) is 5.79. The van der Waals surface area contributed by atoms with E-state index in [-0.39, 0.29) is 31.0 Å². The Hall–Kier alpha value is -2.09. The number of carbonyl (C=O) groups excluding carboxylic acids is 2. The number of hydrogen-bond donors (Lipinski definition) is 0. The lowest BCUT2D eigenvalue weighted by Crippen LogP contribution is -2.53. The Morgan fingerprint density at radius 2 is 1.94 bits per heavy atom. The highest BCUT2D eigenvalue weighted by Gasteiger charge is 2.35. The van der Waals surface area contributed by atoms with E-state index in [4.69, 9.17) is 21.1 Å². The van der Waals surface area contributed by atoms with Crippen LogP contribution in [0.4, 0.5) is 0 Å². The Kier molecular flexibility index (Phi) is 7.62. The summed E-state index contributed by atoms with van der Waals surface area (Å²) in [7, 11) is 1.48. The van der Waals surface area contributed by atoms with E-state index >= 15 is 0 Å². The molecule has 0 unspecified atom stereocenters. The second kappa shape index (κ2) is 10.0. The molecule has 2 aromatic rings. The van der Waals surface area contributed by atoms with Crippen molar-refractivity contribution in [3.8, 4) is 5.75 Å². The zero-order chi connectivity index (χ0) is 22.6. The number of halogens is 1. The molecule has 3 rings (SSSR count). The predicted molar refractivity (Wildman–Crippen MR) is 123 cm³/mol. The molecule has 1 aromatic heterocycles. The van der Waals surface area contributed by atoms with Gasteiger partial charge in [-0.25, -0.2) is 0 Å². The molecular formula is C23H29ClN2O4S. The van der Waals surface area contributed by atoms with Gasteiger partial charge in [-0.05, 0) is 68.5 Å². The topological polar surface area (TPSA) is 59.1 Å². The number of amides is 2. The standard InChI is InChI=1S/C23H29ClN2O4S/c1-23(2,3)26(22(28)15-29-4)13-21(27)25-11-9-20-18(10-12-31-20)19(25)14-30-17-7-5-16(24)6-8-17/h5-8,10,12,19H,9,11,13-15H2,1-4H3/t19-/m0/s1. The number of ether oxygens (including phenoxy) is 2. The first kappa shape index (κ1) is 23.6. The smallest absolute Gasteiger partial charge is 0.249 e. The zero-order valence-corrected chi connectivity index (χ0v) is 20.0. The first-order valence-corrected chi connectivity index (χ1v) is 11.5. The highest BCUT2D eigenvalue weighted by atomic mass is 35.5. The van der Waals surface area contributed by atoms with Gasteiger partial charge in [0.2, 0.25) is 11.8 Å². The Labute approximate surface area is 192 Å². The van der Waals surface area contributed by atoms with E-state index in [0.717, 1.165) is 12.0 Å². The zero-order valence-electron chi connectivity index (χ0n) is 18.4. The Bertz CT molecular complexity index is 907. The SMILES string of the molecule is COCC(=O)N(CC(=O)N1CCc2sccc2[C@@H]1COc1ccc(Cl)cc1)C(C)(C)C. The minimum atomic E-state index is -0.496. The van der Waals surface area contributed by atoms with Crippen LogP contribution < -0.4 is 4.74 Å². The number of hydrogen-bond acceptors (Lipinski definition) is 5. The van der Waals surface area contributed by atoms with Crippen LogP contribution >= 0.6 is 22.9 Å². The number of carbonyl (C=O) groups is 2. The number of methoxy groups -OCH3 is 1. The van der Waals surface area contributed by atoms with Gasteiger partial charge in [-0.15, -0.1) is 11.3 Å². The van der Waals surface area contributed by atoms with Crippen molar-refractivity contribution in [2.45, 2.75) is 38.8 Å². The summed E-state index contributed by atoms with van der Waals surface area (Å²) in [5, 5.41) is 2.70. The second-order valence-corrected chi connectivity index (χ2v) is 9.94. The molecule has 2 amide bonds. The van der Waals surface area contributed by atoms with Crippen LogP contribution in [0, 0.1) is 0 Å². The third-order valence-electron chi connectivity index (χ3n) is 5.31. The molecule has 1 atom stereocenters. The lowest BCUT2D eigenvalue weighted by atomic mass is 10.00. The van der Waals surface area contributed by atoms with Crippen LogP contribution in [-0.4, -0.2) is 60.6 Å². The molecule has 1 aliphatic rings. The Balaban J connectivity index is 1.79. The molecule has 0 aliphatic carbocycles. The summed E-state index contributed by atoms with van der Waals surface area (Å²) in [4.78, 5) is 30.7. The van der Waals surface area contributed by atoms with Crippen LogP contribution in [0.2, 0.25) is 5.02 Å². The van der Waals surface area contributed by atoms with Crippen molar-refractivity contribution >= 4 is 34.8 Å². The van der Waals surface area contributed by atoms with Crippen LogP contribution in [0.5, 0.6) is 5.75 Å². The van der Waals surface area contributed by atoms with Crippen molar-refractivity contribution in [3.63, 3.8) is 0 Å². The fourth-order valence-electron chi connectivity index (χ4n) is 3.71. The fraction of sp³-hybridized carbons (Fsp3) is 0.478. The number of fused-ring (bicyclic) bond motifs is 1. The van der Waals surface area contributed by atoms with E-state index in [0.29, 0.717) is 23.9 Å². The summed E-state index contributed by atoms with van der Waals surface area (Å²) < 4.78 is 11.0. The normalized spacial score (nSPS) is 16.0. The van der Waals surface area contributed by atoms with Gasteiger partial charge in [0.25, 0.3) is 0 Å². The van der Waals surface area contributed by atoms with Crippen molar-refractivity contribution < 1.29 is 19.1 Å². The lowest BCUT2D eigenvalue weighted by molar-refractivity contribution is -0.148. The Morgan fingerprint density at radius 1 is 1.23 bits per heavy atom. The fourth-order valence-corrected chi connectivity index (χ4v) is 4.76. The van der Waals surface area contributed by atoms with Gasteiger partial charge in [0.05, 0.1) is 6.04 Å².